The van der Waals surface area contributed by atoms with E-state index in [-0.39, 0.29) is 10.7 Å². The van der Waals surface area contributed by atoms with E-state index in [0.717, 1.165) is 17.5 Å². The number of aliphatic imine (C=N–C) groups is 1. The molecule has 0 heterocycles. The molecule has 140 valence electrons. The van der Waals surface area contributed by atoms with Crippen molar-refractivity contribution in [2.75, 3.05) is 20.1 Å². The second-order valence-electron chi connectivity index (χ2n) is 5.74. The van der Waals surface area contributed by atoms with Crippen LogP contribution in [0.15, 0.2) is 58.4 Å². The van der Waals surface area contributed by atoms with Gasteiger partial charge in [0.25, 0.3) is 0 Å². The van der Waals surface area contributed by atoms with Crippen LogP contribution in [0.5, 0.6) is 0 Å². The lowest BCUT2D eigenvalue weighted by molar-refractivity contribution is 0.597. The molecule has 2 rings (SSSR count). The lowest BCUT2D eigenvalue weighted by Crippen LogP contribution is -2.39. The highest BCUT2D eigenvalue weighted by atomic mass is 32.2. The number of primary sulfonamides is 1. The van der Waals surface area contributed by atoms with Crippen molar-refractivity contribution >= 4 is 16.0 Å². The Balaban J connectivity index is 1.74. The zero-order chi connectivity index (χ0) is 19.0. The largest absolute Gasteiger partial charge is 0.356 e. The lowest BCUT2D eigenvalue weighted by atomic mass is 10.1. The molecule has 0 aliphatic rings. The van der Waals surface area contributed by atoms with Crippen molar-refractivity contribution < 1.29 is 12.8 Å². The predicted molar refractivity (Wildman–Crippen MR) is 101 cm³/mol. The van der Waals surface area contributed by atoms with E-state index in [2.05, 4.69) is 15.6 Å². The van der Waals surface area contributed by atoms with Crippen LogP contribution in [-0.4, -0.2) is 34.5 Å². The number of nitrogens with two attached hydrogens (primary N) is 1. The maximum Gasteiger partial charge on any atom is 0.238 e. The number of nitrogens with zero attached hydrogens (tertiary/aromatic N) is 1. The molecule has 0 aromatic heterocycles. The van der Waals surface area contributed by atoms with Crippen LogP contribution < -0.4 is 15.8 Å². The Morgan fingerprint density at radius 3 is 1.85 bits per heavy atom. The van der Waals surface area contributed by atoms with Gasteiger partial charge in [-0.3, -0.25) is 4.99 Å². The molecule has 0 aliphatic carbocycles. The highest BCUT2D eigenvalue weighted by molar-refractivity contribution is 7.89. The summed E-state index contributed by atoms with van der Waals surface area (Å²) in [6.45, 7) is 1.32. The zero-order valence-electron chi connectivity index (χ0n) is 14.6. The molecular formula is C18H23FN4O2S. The molecule has 0 amide bonds. The summed E-state index contributed by atoms with van der Waals surface area (Å²) in [5.41, 5.74) is 2.04. The Labute approximate surface area is 153 Å². The first kappa shape index (κ1) is 19.9. The van der Waals surface area contributed by atoms with E-state index in [1.165, 1.54) is 24.3 Å². The number of hydrogen-bond donors (Lipinski definition) is 3. The van der Waals surface area contributed by atoms with Crippen molar-refractivity contribution in [1.29, 1.82) is 0 Å². The van der Waals surface area contributed by atoms with Crippen molar-refractivity contribution in [2.45, 2.75) is 17.7 Å². The van der Waals surface area contributed by atoms with Crippen molar-refractivity contribution in [2.24, 2.45) is 10.1 Å². The summed E-state index contributed by atoms with van der Waals surface area (Å²) in [5.74, 6) is 0.435. The van der Waals surface area contributed by atoms with Crippen LogP contribution in [0, 0.1) is 5.82 Å². The van der Waals surface area contributed by atoms with Gasteiger partial charge in [0.2, 0.25) is 10.0 Å². The molecule has 2 aromatic carbocycles. The molecule has 4 N–H and O–H groups in total. The van der Waals surface area contributed by atoms with E-state index in [1.807, 2.05) is 0 Å². The van der Waals surface area contributed by atoms with Gasteiger partial charge in [-0.25, -0.2) is 17.9 Å². The maximum absolute atomic E-state index is 12.9. The number of guanidine groups is 1. The van der Waals surface area contributed by atoms with Crippen LogP contribution in [0.2, 0.25) is 0 Å². The van der Waals surface area contributed by atoms with Crippen molar-refractivity contribution in [1.82, 2.24) is 10.6 Å². The first-order valence-corrected chi connectivity index (χ1v) is 9.74. The van der Waals surface area contributed by atoms with Gasteiger partial charge in [0, 0.05) is 20.1 Å². The fraction of sp³-hybridized carbons (Fsp3) is 0.278. The van der Waals surface area contributed by atoms with Crippen LogP contribution in [0.4, 0.5) is 4.39 Å². The molecule has 0 unspecified atom stereocenters. The van der Waals surface area contributed by atoms with Gasteiger partial charge in [-0.2, -0.15) is 0 Å². The summed E-state index contributed by atoms with van der Waals surface area (Å²) in [4.78, 5) is 4.25. The van der Waals surface area contributed by atoms with E-state index >= 15 is 0 Å². The van der Waals surface area contributed by atoms with E-state index in [9.17, 15) is 12.8 Å². The number of sulfonamides is 1. The summed E-state index contributed by atoms with van der Waals surface area (Å²) in [6, 6.07) is 12.9. The highest BCUT2D eigenvalue weighted by Gasteiger charge is 2.06. The molecule has 6 nitrogen and oxygen atoms in total. The number of rotatable bonds is 7. The lowest BCUT2D eigenvalue weighted by Gasteiger charge is -2.12. The molecule has 0 bridgehead atoms. The van der Waals surface area contributed by atoms with Crippen LogP contribution in [0.25, 0.3) is 0 Å². The normalized spacial score (nSPS) is 12.0. The summed E-state index contributed by atoms with van der Waals surface area (Å²) in [5, 5.41) is 11.5. The number of halogens is 1. The van der Waals surface area contributed by atoms with Crippen molar-refractivity contribution in [3.8, 4) is 0 Å². The average molecular weight is 378 g/mol. The molecule has 0 spiro atoms. The third kappa shape index (κ3) is 6.45. The molecule has 0 atom stereocenters. The topological polar surface area (TPSA) is 96.6 Å². The van der Waals surface area contributed by atoms with Crippen LogP contribution >= 0.6 is 0 Å². The first-order valence-electron chi connectivity index (χ1n) is 8.19. The maximum atomic E-state index is 12.9. The number of benzene rings is 2. The monoisotopic (exact) mass is 378 g/mol. The molecule has 0 aliphatic heterocycles. The first-order chi connectivity index (χ1) is 12.4. The van der Waals surface area contributed by atoms with Crippen LogP contribution in [-0.2, 0) is 22.9 Å². The molecule has 8 heteroatoms. The minimum atomic E-state index is -3.66. The Bertz CT molecular complexity index is 834. The van der Waals surface area contributed by atoms with Crippen molar-refractivity contribution in [3.05, 3.63) is 65.5 Å². The van der Waals surface area contributed by atoms with Gasteiger partial charge in [-0.1, -0.05) is 24.3 Å². The van der Waals surface area contributed by atoms with E-state index in [0.29, 0.717) is 25.5 Å². The van der Waals surface area contributed by atoms with Gasteiger partial charge < -0.3 is 10.6 Å². The fourth-order valence-electron chi connectivity index (χ4n) is 2.37. The molecule has 0 saturated carbocycles. The van der Waals surface area contributed by atoms with Gasteiger partial charge in [0.1, 0.15) is 5.82 Å². The second kappa shape index (κ2) is 9.30. The minimum Gasteiger partial charge on any atom is -0.356 e. The van der Waals surface area contributed by atoms with E-state index in [4.69, 9.17) is 5.14 Å². The van der Waals surface area contributed by atoms with Gasteiger partial charge in [-0.05, 0) is 48.2 Å². The molecule has 0 fully saturated rings. The smallest absolute Gasteiger partial charge is 0.238 e. The van der Waals surface area contributed by atoms with Gasteiger partial charge >= 0.3 is 0 Å². The average Bonchev–Trinajstić information content (AvgIpc) is 2.61. The number of nitrogens with one attached hydrogen (secondary N) is 2. The highest BCUT2D eigenvalue weighted by Crippen LogP contribution is 2.08. The Morgan fingerprint density at radius 2 is 1.42 bits per heavy atom. The van der Waals surface area contributed by atoms with Gasteiger partial charge in [0.05, 0.1) is 4.90 Å². The van der Waals surface area contributed by atoms with Gasteiger partial charge in [0.15, 0.2) is 5.96 Å². The van der Waals surface area contributed by atoms with Crippen LogP contribution in [0.3, 0.4) is 0 Å². The standard InChI is InChI=1S/C18H23FN4O2S/c1-21-18(22-12-10-14-2-6-16(19)7-3-14)23-13-11-15-4-8-17(9-5-15)26(20,24)25/h2-9H,10-13H2,1H3,(H2,20,24,25)(H2,21,22,23). The summed E-state index contributed by atoms with van der Waals surface area (Å²) < 4.78 is 35.3. The van der Waals surface area contributed by atoms with E-state index in [1.54, 1.807) is 31.3 Å². The predicted octanol–water partition coefficient (Wildman–Crippen LogP) is 1.42. The molecule has 26 heavy (non-hydrogen) atoms. The quantitative estimate of drug-likeness (QED) is 0.501. The Hall–Kier alpha value is -2.45. The summed E-state index contributed by atoms with van der Waals surface area (Å²) in [7, 11) is -1.97. The van der Waals surface area contributed by atoms with Crippen molar-refractivity contribution in [3.63, 3.8) is 0 Å². The van der Waals surface area contributed by atoms with Gasteiger partial charge in [-0.15, -0.1) is 0 Å². The molecular weight excluding hydrogens is 355 g/mol. The minimum absolute atomic E-state index is 0.104. The SMILES string of the molecule is CN=C(NCCc1ccc(F)cc1)NCCc1ccc(S(N)(=O)=O)cc1. The van der Waals surface area contributed by atoms with E-state index < -0.39 is 10.0 Å². The third-order valence-electron chi connectivity index (χ3n) is 3.80. The third-order valence-corrected chi connectivity index (χ3v) is 4.73. The summed E-state index contributed by atoms with van der Waals surface area (Å²) in [6.07, 6.45) is 1.47. The Morgan fingerprint density at radius 1 is 0.962 bits per heavy atom. The summed E-state index contributed by atoms with van der Waals surface area (Å²) >= 11 is 0. The number of hydrogen-bond acceptors (Lipinski definition) is 3. The zero-order valence-corrected chi connectivity index (χ0v) is 15.4. The molecule has 0 radical (unpaired) electrons. The Kier molecular flexibility index (Phi) is 7.11. The molecule has 0 saturated heterocycles. The van der Waals surface area contributed by atoms with Crippen LogP contribution in [0.1, 0.15) is 11.1 Å². The fourth-order valence-corrected chi connectivity index (χ4v) is 2.88. The molecule has 2 aromatic rings. The second-order valence-corrected chi connectivity index (χ2v) is 7.30.